The van der Waals surface area contributed by atoms with Crippen molar-refractivity contribution >= 4 is 21.4 Å². The second-order valence-corrected chi connectivity index (χ2v) is 7.47. The van der Waals surface area contributed by atoms with Gasteiger partial charge in [-0.05, 0) is 37.8 Å². The number of hydrogen-bond donors (Lipinski definition) is 2. The number of aryl methyl sites for hydroxylation is 1. The van der Waals surface area contributed by atoms with Gasteiger partial charge in [0.15, 0.2) is 0 Å². The fraction of sp³-hybridized carbons (Fsp3) is 0.667. The quantitative estimate of drug-likeness (QED) is 0.843. The molecular weight excluding hydrogens is 268 g/mol. The zero-order chi connectivity index (χ0) is 13.9. The molecule has 0 spiro atoms. The van der Waals surface area contributed by atoms with E-state index in [4.69, 9.17) is 0 Å². The van der Waals surface area contributed by atoms with Gasteiger partial charge in [-0.3, -0.25) is 0 Å². The van der Waals surface area contributed by atoms with Crippen LogP contribution in [0.2, 0.25) is 0 Å². The first-order valence-corrected chi connectivity index (χ1v) is 8.39. The van der Waals surface area contributed by atoms with Crippen LogP contribution in [-0.2, 0) is 16.6 Å². The van der Waals surface area contributed by atoms with Gasteiger partial charge >= 0.3 is 0 Å². The molecule has 0 saturated carbocycles. The second kappa shape index (κ2) is 6.14. The zero-order valence-corrected chi connectivity index (χ0v) is 13.2. The third-order valence-corrected chi connectivity index (χ3v) is 5.96. The Morgan fingerprint density at radius 3 is 2.44 bits per heavy atom. The van der Waals surface area contributed by atoms with Crippen LogP contribution in [0.15, 0.2) is 10.3 Å². The van der Waals surface area contributed by atoms with E-state index in [1.54, 1.807) is 0 Å². The molecule has 1 unspecified atom stereocenters. The molecule has 0 saturated heterocycles. The molecule has 0 aliphatic heterocycles. The van der Waals surface area contributed by atoms with Crippen LogP contribution < -0.4 is 10.0 Å². The number of hydrogen-bond acceptors (Lipinski definition) is 4. The van der Waals surface area contributed by atoms with E-state index in [0.717, 1.165) is 10.4 Å². The number of nitrogens with one attached hydrogen (secondary N) is 2. The first-order valence-electron chi connectivity index (χ1n) is 6.03. The van der Waals surface area contributed by atoms with Gasteiger partial charge in [-0.15, -0.1) is 11.3 Å². The van der Waals surface area contributed by atoms with Crippen molar-refractivity contribution in [2.45, 2.75) is 45.2 Å². The molecule has 1 heterocycles. The summed E-state index contributed by atoms with van der Waals surface area (Å²) < 4.78 is 27.5. The van der Waals surface area contributed by atoms with E-state index >= 15 is 0 Å². The van der Waals surface area contributed by atoms with E-state index in [2.05, 4.69) is 10.0 Å². The minimum Gasteiger partial charge on any atom is -0.315 e. The highest BCUT2D eigenvalue weighted by Gasteiger charge is 2.25. The van der Waals surface area contributed by atoms with Crippen LogP contribution in [0.3, 0.4) is 0 Å². The highest BCUT2D eigenvalue weighted by Crippen LogP contribution is 2.27. The van der Waals surface area contributed by atoms with Crippen LogP contribution in [0.5, 0.6) is 0 Å². The Bertz CT molecular complexity index is 492. The van der Waals surface area contributed by atoms with Crippen molar-refractivity contribution in [2.75, 3.05) is 7.05 Å². The summed E-state index contributed by atoms with van der Waals surface area (Å²) in [6.07, 6.45) is 0. The summed E-state index contributed by atoms with van der Waals surface area (Å²) in [4.78, 5) is 1.30. The molecular formula is C12H22N2O2S2. The molecule has 1 aromatic rings. The first-order chi connectivity index (χ1) is 8.29. The van der Waals surface area contributed by atoms with Gasteiger partial charge in [-0.1, -0.05) is 13.8 Å². The predicted octanol–water partition coefficient (Wildman–Crippen LogP) is 2.10. The lowest BCUT2D eigenvalue weighted by Gasteiger charge is -2.18. The van der Waals surface area contributed by atoms with Crippen LogP contribution >= 0.6 is 11.3 Å². The Labute approximate surface area is 114 Å². The van der Waals surface area contributed by atoms with Gasteiger partial charge in [-0.25, -0.2) is 13.1 Å². The highest BCUT2D eigenvalue weighted by molar-refractivity contribution is 7.89. The fourth-order valence-corrected chi connectivity index (χ4v) is 4.79. The molecule has 0 bridgehead atoms. The first kappa shape index (κ1) is 15.6. The Balaban J connectivity index is 3.08. The third-order valence-electron chi connectivity index (χ3n) is 2.94. The van der Waals surface area contributed by atoms with E-state index in [0.29, 0.717) is 11.4 Å². The normalized spacial score (nSPS) is 14.1. The minimum absolute atomic E-state index is 0.0725. The molecule has 1 aromatic heterocycles. The molecule has 0 aliphatic rings. The van der Waals surface area contributed by atoms with Crippen LogP contribution in [0.25, 0.3) is 0 Å². The van der Waals surface area contributed by atoms with Crippen LogP contribution in [0.1, 0.15) is 31.2 Å². The van der Waals surface area contributed by atoms with Gasteiger partial charge in [-0.2, -0.15) is 0 Å². The molecule has 2 N–H and O–H groups in total. The summed E-state index contributed by atoms with van der Waals surface area (Å²) in [5, 5.41) is 4.89. The van der Waals surface area contributed by atoms with Crippen molar-refractivity contribution in [1.29, 1.82) is 0 Å². The average Bonchev–Trinajstić information content (AvgIpc) is 2.60. The van der Waals surface area contributed by atoms with Crippen LogP contribution in [0.4, 0.5) is 0 Å². The monoisotopic (exact) mass is 290 g/mol. The van der Waals surface area contributed by atoms with E-state index in [1.165, 1.54) is 11.3 Å². The topological polar surface area (TPSA) is 58.2 Å². The number of rotatable bonds is 6. The Kier molecular flexibility index (Phi) is 5.33. The molecule has 1 rings (SSSR count). The summed E-state index contributed by atoms with van der Waals surface area (Å²) >= 11 is 1.48. The van der Waals surface area contributed by atoms with Gasteiger partial charge in [0.2, 0.25) is 10.0 Å². The molecule has 104 valence electrons. The van der Waals surface area contributed by atoms with Crippen LogP contribution in [0, 0.1) is 12.8 Å². The molecule has 0 fully saturated rings. The van der Waals surface area contributed by atoms with Gasteiger partial charge in [0.25, 0.3) is 0 Å². The smallest absolute Gasteiger partial charge is 0.242 e. The highest BCUT2D eigenvalue weighted by atomic mass is 32.2. The van der Waals surface area contributed by atoms with Crippen molar-refractivity contribution in [1.82, 2.24) is 10.0 Å². The molecule has 1 atom stereocenters. The lowest BCUT2D eigenvalue weighted by Crippen LogP contribution is -2.36. The molecule has 4 nitrogen and oxygen atoms in total. The Morgan fingerprint density at radius 2 is 1.94 bits per heavy atom. The van der Waals surface area contributed by atoms with Gasteiger partial charge in [0.05, 0.1) is 0 Å². The molecule has 0 radical (unpaired) electrons. The van der Waals surface area contributed by atoms with Crippen molar-refractivity contribution in [3.8, 4) is 0 Å². The summed E-state index contributed by atoms with van der Waals surface area (Å²) in [6, 6.07) is -0.0725. The minimum atomic E-state index is -3.42. The Morgan fingerprint density at radius 1 is 1.33 bits per heavy atom. The largest absolute Gasteiger partial charge is 0.315 e. The van der Waals surface area contributed by atoms with E-state index in [-0.39, 0.29) is 12.0 Å². The summed E-state index contributed by atoms with van der Waals surface area (Å²) in [7, 11) is -1.61. The van der Waals surface area contributed by atoms with Crippen molar-refractivity contribution < 1.29 is 8.42 Å². The van der Waals surface area contributed by atoms with Gasteiger partial charge in [0, 0.05) is 17.5 Å². The molecule has 18 heavy (non-hydrogen) atoms. The molecule has 0 aliphatic carbocycles. The van der Waals surface area contributed by atoms with Crippen molar-refractivity contribution in [3.63, 3.8) is 0 Å². The lowest BCUT2D eigenvalue weighted by molar-refractivity contribution is 0.476. The standard InChI is InChI=1S/C12H22N2O2S2/c1-8(2)10(4)14-18(15,16)12-9(3)7-17-11(12)6-13-5/h7-8,10,13-14H,6H2,1-5H3. The third kappa shape index (κ3) is 3.54. The van der Waals surface area contributed by atoms with E-state index in [1.807, 2.05) is 40.1 Å². The number of thiophene rings is 1. The van der Waals surface area contributed by atoms with Crippen molar-refractivity contribution in [2.24, 2.45) is 5.92 Å². The van der Waals surface area contributed by atoms with E-state index < -0.39 is 10.0 Å². The van der Waals surface area contributed by atoms with Gasteiger partial charge in [0.1, 0.15) is 4.90 Å². The fourth-order valence-electron chi connectivity index (χ4n) is 1.57. The summed E-state index contributed by atoms with van der Waals surface area (Å²) in [5.41, 5.74) is 0.814. The van der Waals surface area contributed by atoms with Crippen LogP contribution in [-0.4, -0.2) is 21.5 Å². The predicted molar refractivity (Wildman–Crippen MR) is 76.4 cm³/mol. The summed E-state index contributed by atoms with van der Waals surface area (Å²) in [5.74, 6) is 0.270. The Hall–Kier alpha value is -0.430. The van der Waals surface area contributed by atoms with E-state index in [9.17, 15) is 8.42 Å². The maximum atomic E-state index is 12.4. The average molecular weight is 290 g/mol. The molecule has 0 amide bonds. The zero-order valence-electron chi connectivity index (χ0n) is 11.6. The summed E-state index contributed by atoms with van der Waals surface area (Å²) in [6.45, 7) is 8.31. The molecule has 0 aromatic carbocycles. The lowest BCUT2D eigenvalue weighted by atomic mass is 10.1. The van der Waals surface area contributed by atoms with Gasteiger partial charge < -0.3 is 5.32 Å². The second-order valence-electron chi connectivity index (χ2n) is 4.86. The van der Waals surface area contributed by atoms with Crippen molar-refractivity contribution in [3.05, 3.63) is 15.8 Å². The number of sulfonamides is 1. The molecule has 6 heteroatoms. The maximum Gasteiger partial charge on any atom is 0.242 e. The maximum absolute atomic E-state index is 12.4. The SMILES string of the molecule is CNCc1scc(C)c1S(=O)(=O)NC(C)C(C)C.